The van der Waals surface area contributed by atoms with Crippen molar-refractivity contribution in [3.05, 3.63) is 223 Å². The molecule has 0 fully saturated rings. The van der Waals surface area contributed by atoms with Crippen molar-refractivity contribution in [2.75, 3.05) is 4.90 Å². The Balaban J connectivity index is 1.04. The number of benzene rings is 9. The van der Waals surface area contributed by atoms with Gasteiger partial charge in [0.15, 0.2) is 0 Å². The number of aromatic nitrogens is 2. The lowest BCUT2D eigenvalue weighted by Gasteiger charge is -2.42. The molecule has 2 aromatic heterocycles. The quantitative estimate of drug-likeness (QED) is 0.170. The van der Waals surface area contributed by atoms with E-state index in [1.54, 1.807) is 0 Å². The van der Waals surface area contributed by atoms with Gasteiger partial charge < -0.3 is 14.0 Å². The topological polar surface area (TPSA) is 13.1 Å². The van der Waals surface area contributed by atoms with Gasteiger partial charge in [-0.1, -0.05) is 129 Å². The molecule has 1 aliphatic heterocycles. The van der Waals surface area contributed by atoms with Gasteiger partial charge in [0.25, 0.3) is 0 Å². The van der Waals surface area contributed by atoms with E-state index in [1.807, 2.05) is 0 Å². The molecule has 3 nitrogen and oxygen atoms in total. The Bertz CT molecular complexity index is 3450. The van der Waals surface area contributed by atoms with Crippen LogP contribution in [0.2, 0.25) is 0 Å². The standard InChI is InChI=1S/C57H41N3/c1-57(2)49-23-13-15-25-55(49)60(44-20-10-5-11-21-44)56-33-29-41(37-50(56)57)40-28-32-54-48(36-40)47-35-39(27-31-53(47)59(54)43-18-8-4-9-19-43)38-26-30-52-46(34-38)45-22-12-14-24-51(45)58(52)42-16-6-3-7-17-42/h3-37H,1-2H3. The fraction of sp³-hybridized carbons (Fsp3) is 0.0526. The van der Waals surface area contributed by atoms with Crippen molar-refractivity contribution < 1.29 is 0 Å². The van der Waals surface area contributed by atoms with Crippen LogP contribution in [0.1, 0.15) is 25.0 Å². The zero-order valence-corrected chi connectivity index (χ0v) is 33.5. The van der Waals surface area contributed by atoms with Crippen LogP contribution in [-0.4, -0.2) is 9.13 Å². The van der Waals surface area contributed by atoms with Crippen molar-refractivity contribution in [2.45, 2.75) is 19.3 Å². The molecule has 0 saturated carbocycles. The Kier molecular flexibility index (Phi) is 7.58. The molecule has 0 saturated heterocycles. The summed E-state index contributed by atoms with van der Waals surface area (Å²) in [4.78, 5) is 2.43. The summed E-state index contributed by atoms with van der Waals surface area (Å²) in [5.74, 6) is 0. The molecule has 0 atom stereocenters. The first kappa shape index (κ1) is 34.4. The Labute approximate surface area is 349 Å². The van der Waals surface area contributed by atoms with E-state index in [0.717, 1.165) is 5.69 Å². The highest BCUT2D eigenvalue weighted by atomic mass is 15.2. The Hall–Kier alpha value is -7.62. The van der Waals surface area contributed by atoms with Gasteiger partial charge in [-0.25, -0.2) is 0 Å². The van der Waals surface area contributed by atoms with E-state index in [-0.39, 0.29) is 5.41 Å². The van der Waals surface area contributed by atoms with E-state index in [9.17, 15) is 0 Å². The number of nitrogens with zero attached hydrogens (tertiary/aromatic N) is 3. The lowest BCUT2D eigenvalue weighted by atomic mass is 9.73. The molecule has 0 radical (unpaired) electrons. The van der Waals surface area contributed by atoms with Crippen LogP contribution in [0.4, 0.5) is 17.1 Å². The molecule has 1 aliphatic rings. The normalized spacial score (nSPS) is 13.3. The van der Waals surface area contributed by atoms with E-state index in [0.29, 0.717) is 0 Å². The highest BCUT2D eigenvalue weighted by molar-refractivity contribution is 6.13. The number of anilines is 3. The second kappa shape index (κ2) is 13.2. The van der Waals surface area contributed by atoms with Gasteiger partial charge in [-0.3, -0.25) is 0 Å². The van der Waals surface area contributed by atoms with Gasteiger partial charge in [0.05, 0.1) is 33.4 Å². The maximum absolute atomic E-state index is 2.44. The maximum Gasteiger partial charge on any atom is 0.0541 e. The summed E-state index contributed by atoms with van der Waals surface area (Å²) >= 11 is 0. The van der Waals surface area contributed by atoms with Crippen LogP contribution in [0.3, 0.4) is 0 Å². The lowest BCUT2D eigenvalue weighted by Crippen LogP contribution is -2.30. The number of rotatable bonds is 5. The molecule has 0 bridgehead atoms. The Morgan fingerprint density at radius 1 is 0.300 bits per heavy atom. The average molecular weight is 768 g/mol. The average Bonchev–Trinajstić information content (AvgIpc) is 3.82. The van der Waals surface area contributed by atoms with E-state index >= 15 is 0 Å². The van der Waals surface area contributed by atoms with Crippen molar-refractivity contribution in [1.29, 1.82) is 0 Å². The Morgan fingerprint density at radius 2 is 0.700 bits per heavy atom. The Morgan fingerprint density at radius 3 is 1.27 bits per heavy atom. The molecule has 12 rings (SSSR count). The molecule has 0 spiro atoms. The van der Waals surface area contributed by atoms with Crippen LogP contribution >= 0.6 is 0 Å². The predicted molar refractivity (Wildman–Crippen MR) is 253 cm³/mol. The summed E-state index contributed by atoms with van der Waals surface area (Å²) in [6.45, 7) is 4.73. The zero-order chi connectivity index (χ0) is 40.0. The van der Waals surface area contributed by atoms with E-state index in [1.165, 1.54) is 99.7 Å². The van der Waals surface area contributed by atoms with Gasteiger partial charge in [-0.05, 0) is 130 Å². The number of fused-ring (bicyclic) bond motifs is 8. The molecule has 0 unspecified atom stereocenters. The predicted octanol–water partition coefficient (Wildman–Crippen LogP) is 15.3. The number of hydrogen-bond acceptors (Lipinski definition) is 1. The molecule has 3 heteroatoms. The van der Waals surface area contributed by atoms with Crippen molar-refractivity contribution in [3.63, 3.8) is 0 Å². The molecular formula is C57H41N3. The molecule has 9 aromatic carbocycles. The smallest absolute Gasteiger partial charge is 0.0541 e. The molecule has 11 aromatic rings. The van der Waals surface area contributed by atoms with Crippen molar-refractivity contribution in [3.8, 4) is 33.6 Å². The van der Waals surface area contributed by atoms with Crippen LogP contribution in [0, 0.1) is 0 Å². The zero-order valence-electron chi connectivity index (χ0n) is 33.5. The van der Waals surface area contributed by atoms with Crippen LogP contribution in [0.5, 0.6) is 0 Å². The second-order valence-corrected chi connectivity index (χ2v) is 16.6. The van der Waals surface area contributed by atoms with E-state index in [4.69, 9.17) is 0 Å². The van der Waals surface area contributed by atoms with Gasteiger partial charge >= 0.3 is 0 Å². The van der Waals surface area contributed by atoms with Crippen LogP contribution in [-0.2, 0) is 5.41 Å². The minimum Gasteiger partial charge on any atom is -0.310 e. The summed E-state index contributed by atoms with van der Waals surface area (Å²) in [5, 5.41) is 4.99. The third kappa shape index (κ3) is 5.15. The highest BCUT2D eigenvalue weighted by Gasteiger charge is 2.37. The first-order chi connectivity index (χ1) is 29.5. The van der Waals surface area contributed by atoms with Gasteiger partial charge in [0.2, 0.25) is 0 Å². The molecule has 0 N–H and O–H groups in total. The van der Waals surface area contributed by atoms with E-state index in [2.05, 4.69) is 240 Å². The monoisotopic (exact) mass is 767 g/mol. The first-order valence-corrected chi connectivity index (χ1v) is 20.9. The summed E-state index contributed by atoms with van der Waals surface area (Å²) < 4.78 is 4.80. The van der Waals surface area contributed by atoms with Gasteiger partial charge in [-0.15, -0.1) is 0 Å². The minimum absolute atomic E-state index is 0.190. The minimum atomic E-state index is -0.190. The molecule has 3 heterocycles. The summed E-state index contributed by atoms with van der Waals surface area (Å²) in [6, 6.07) is 77.9. The third-order valence-electron chi connectivity index (χ3n) is 12.9. The molecular weight excluding hydrogens is 727 g/mol. The van der Waals surface area contributed by atoms with Gasteiger partial charge in [0.1, 0.15) is 0 Å². The fourth-order valence-electron chi connectivity index (χ4n) is 9.98. The largest absolute Gasteiger partial charge is 0.310 e. The number of para-hydroxylation sites is 5. The molecule has 0 amide bonds. The van der Waals surface area contributed by atoms with Gasteiger partial charge in [-0.2, -0.15) is 0 Å². The van der Waals surface area contributed by atoms with Crippen molar-refractivity contribution >= 4 is 60.7 Å². The van der Waals surface area contributed by atoms with E-state index < -0.39 is 0 Å². The molecule has 0 aliphatic carbocycles. The first-order valence-electron chi connectivity index (χ1n) is 20.9. The molecule has 284 valence electrons. The summed E-state index contributed by atoms with van der Waals surface area (Å²) in [5.41, 5.74) is 18.1. The summed E-state index contributed by atoms with van der Waals surface area (Å²) in [6.07, 6.45) is 0. The fourth-order valence-corrected chi connectivity index (χ4v) is 9.98. The SMILES string of the molecule is CC1(C)c2ccccc2N(c2ccccc2)c2ccc(-c3ccc4c(c3)c3cc(-c5ccc6c(c5)c5ccccc5n6-c5ccccc5)ccc3n4-c3ccccc3)cc21. The summed E-state index contributed by atoms with van der Waals surface area (Å²) in [7, 11) is 0. The van der Waals surface area contributed by atoms with Crippen LogP contribution < -0.4 is 4.90 Å². The molecule has 60 heavy (non-hydrogen) atoms. The maximum atomic E-state index is 2.44. The number of hydrogen-bond donors (Lipinski definition) is 0. The second-order valence-electron chi connectivity index (χ2n) is 16.6. The third-order valence-corrected chi connectivity index (χ3v) is 12.9. The van der Waals surface area contributed by atoms with Crippen LogP contribution in [0.15, 0.2) is 212 Å². The highest BCUT2D eigenvalue weighted by Crippen LogP contribution is 2.52. The van der Waals surface area contributed by atoms with Crippen molar-refractivity contribution in [1.82, 2.24) is 9.13 Å². The van der Waals surface area contributed by atoms with Crippen LogP contribution in [0.25, 0.3) is 77.2 Å². The van der Waals surface area contributed by atoms with Gasteiger partial charge in [0, 0.05) is 44.0 Å². The lowest BCUT2D eigenvalue weighted by molar-refractivity contribution is 0.632. The van der Waals surface area contributed by atoms with Crippen molar-refractivity contribution in [2.24, 2.45) is 0 Å².